The highest BCUT2D eigenvalue weighted by atomic mass is 35.7. The van der Waals surface area contributed by atoms with Crippen molar-refractivity contribution in [3.63, 3.8) is 0 Å². The van der Waals surface area contributed by atoms with E-state index in [1.54, 1.807) is 0 Å². The maximum absolute atomic E-state index is 12.7. The number of nitrogens with zero attached hydrogens (tertiary/aromatic N) is 1. The molecule has 0 unspecified atom stereocenters. The Morgan fingerprint density at radius 3 is 2.33 bits per heavy atom. The van der Waals surface area contributed by atoms with Gasteiger partial charge >= 0.3 is 0 Å². The first-order valence-corrected chi connectivity index (χ1v) is 6.01. The molecule has 15 heavy (non-hydrogen) atoms. The van der Waals surface area contributed by atoms with Gasteiger partial charge in [-0.3, -0.25) is 0 Å². The summed E-state index contributed by atoms with van der Waals surface area (Å²) in [7, 11) is 0.340. The second-order valence-electron chi connectivity index (χ2n) is 2.39. The average molecular weight is 280 g/mol. The molecule has 1 aromatic heterocycles. The van der Waals surface area contributed by atoms with Crippen LogP contribution in [-0.2, 0) is 9.05 Å². The minimum Gasteiger partial charge on any atom is -0.220 e. The number of pyridine rings is 1. The van der Waals surface area contributed by atoms with E-state index in [4.69, 9.17) is 22.3 Å². The van der Waals surface area contributed by atoms with Crippen LogP contribution in [0.5, 0.6) is 0 Å². The zero-order valence-electron chi connectivity index (χ0n) is 6.72. The summed E-state index contributed by atoms with van der Waals surface area (Å²) in [5.41, 5.74) is -1.12. The van der Waals surface area contributed by atoms with Crippen molar-refractivity contribution in [2.24, 2.45) is 0 Å². The van der Waals surface area contributed by atoms with Crippen LogP contribution in [-0.4, -0.2) is 13.4 Å². The lowest BCUT2D eigenvalue weighted by molar-refractivity contribution is 0.146. The molecule has 0 bridgehead atoms. The third-order valence-corrected chi connectivity index (χ3v) is 2.88. The van der Waals surface area contributed by atoms with Gasteiger partial charge in [0.2, 0.25) is 0 Å². The molecule has 0 aliphatic heterocycles. The molecule has 0 aliphatic rings. The number of halogens is 5. The van der Waals surface area contributed by atoms with Crippen molar-refractivity contribution in [1.29, 1.82) is 0 Å². The van der Waals surface area contributed by atoms with E-state index < -0.39 is 37.0 Å². The summed E-state index contributed by atoms with van der Waals surface area (Å²) in [5.74, 6) is -1.24. The first kappa shape index (κ1) is 12.5. The molecule has 0 N–H and O–H groups in total. The zero-order valence-corrected chi connectivity index (χ0v) is 9.04. The molecule has 0 spiro atoms. The van der Waals surface area contributed by atoms with Gasteiger partial charge in [-0.2, -0.15) is 0 Å². The molecule has 0 saturated carbocycles. The van der Waals surface area contributed by atoms with Crippen LogP contribution in [0.15, 0.2) is 11.1 Å². The van der Waals surface area contributed by atoms with Gasteiger partial charge in [0.25, 0.3) is 15.5 Å². The van der Waals surface area contributed by atoms with Gasteiger partial charge in [-0.1, -0.05) is 11.6 Å². The van der Waals surface area contributed by atoms with Gasteiger partial charge in [0, 0.05) is 10.7 Å². The standard InChI is InChI=1S/C6H2Cl2F3NO2S/c7-4-3(9)1-2(5(10)11)6(12-4)15(8,13)14/h1,5H. The minimum absolute atomic E-state index is 0.287. The van der Waals surface area contributed by atoms with E-state index in [2.05, 4.69) is 4.98 Å². The van der Waals surface area contributed by atoms with Crippen molar-refractivity contribution in [3.8, 4) is 0 Å². The van der Waals surface area contributed by atoms with Crippen molar-refractivity contribution >= 4 is 31.3 Å². The summed E-state index contributed by atoms with van der Waals surface area (Å²) in [4.78, 5) is 2.96. The summed E-state index contributed by atoms with van der Waals surface area (Å²) in [6.07, 6.45) is -3.22. The monoisotopic (exact) mass is 279 g/mol. The van der Waals surface area contributed by atoms with Crippen LogP contribution < -0.4 is 0 Å². The van der Waals surface area contributed by atoms with Gasteiger partial charge in [0.1, 0.15) is 0 Å². The van der Waals surface area contributed by atoms with E-state index >= 15 is 0 Å². The number of aromatic nitrogens is 1. The lowest BCUT2D eigenvalue weighted by atomic mass is 10.3. The Labute approximate surface area is 92.2 Å². The normalized spacial score (nSPS) is 12.1. The smallest absolute Gasteiger partial charge is 0.220 e. The van der Waals surface area contributed by atoms with Crippen molar-refractivity contribution in [3.05, 3.63) is 22.6 Å². The highest BCUT2D eigenvalue weighted by Gasteiger charge is 2.25. The van der Waals surface area contributed by atoms with Crippen LogP contribution in [0.2, 0.25) is 5.15 Å². The molecule has 0 atom stereocenters. The van der Waals surface area contributed by atoms with Gasteiger partial charge in [-0.25, -0.2) is 26.6 Å². The number of hydrogen-bond donors (Lipinski definition) is 0. The average Bonchev–Trinajstić information content (AvgIpc) is 2.06. The van der Waals surface area contributed by atoms with Gasteiger partial charge in [0.15, 0.2) is 16.0 Å². The number of rotatable bonds is 2. The van der Waals surface area contributed by atoms with Crippen molar-refractivity contribution < 1.29 is 21.6 Å². The Kier molecular flexibility index (Phi) is 3.47. The molecular formula is C6H2Cl2F3NO2S. The highest BCUT2D eigenvalue weighted by molar-refractivity contribution is 8.13. The summed E-state index contributed by atoms with van der Waals surface area (Å²) in [5, 5.41) is -1.97. The molecular weight excluding hydrogens is 278 g/mol. The SMILES string of the molecule is O=S(=O)(Cl)c1nc(Cl)c(F)cc1C(F)F. The van der Waals surface area contributed by atoms with E-state index in [0.717, 1.165) is 0 Å². The van der Waals surface area contributed by atoms with Crippen molar-refractivity contribution in [2.75, 3.05) is 0 Å². The largest absolute Gasteiger partial charge is 0.279 e. The van der Waals surface area contributed by atoms with Crippen molar-refractivity contribution in [2.45, 2.75) is 11.5 Å². The van der Waals surface area contributed by atoms with E-state index in [-0.39, 0.29) is 6.07 Å². The molecule has 3 nitrogen and oxygen atoms in total. The number of hydrogen-bond acceptors (Lipinski definition) is 3. The quantitative estimate of drug-likeness (QED) is 0.618. The molecule has 0 aliphatic carbocycles. The molecule has 0 amide bonds. The zero-order chi connectivity index (χ0) is 11.8. The van der Waals surface area contributed by atoms with E-state index in [0.29, 0.717) is 0 Å². The third kappa shape index (κ3) is 2.73. The fraction of sp³-hybridized carbons (Fsp3) is 0.167. The van der Waals surface area contributed by atoms with Crippen LogP contribution in [0.25, 0.3) is 0 Å². The third-order valence-electron chi connectivity index (χ3n) is 1.39. The minimum atomic E-state index is -4.49. The van der Waals surface area contributed by atoms with E-state index in [1.165, 1.54) is 0 Å². The first-order valence-electron chi connectivity index (χ1n) is 3.32. The fourth-order valence-corrected chi connectivity index (χ4v) is 2.01. The predicted molar refractivity (Wildman–Crippen MR) is 47.2 cm³/mol. The van der Waals surface area contributed by atoms with Crippen LogP contribution in [0.4, 0.5) is 13.2 Å². The fourth-order valence-electron chi connectivity index (χ4n) is 0.817. The molecule has 0 aromatic carbocycles. The van der Waals surface area contributed by atoms with Gasteiger partial charge < -0.3 is 0 Å². The first-order chi connectivity index (χ1) is 6.73. The second-order valence-corrected chi connectivity index (χ2v) is 5.23. The Morgan fingerprint density at radius 2 is 1.93 bits per heavy atom. The second kappa shape index (κ2) is 4.15. The summed E-state index contributed by atoms with van der Waals surface area (Å²) >= 11 is 5.14. The molecule has 9 heteroatoms. The van der Waals surface area contributed by atoms with Crippen LogP contribution >= 0.6 is 22.3 Å². The molecule has 1 aromatic rings. The Bertz CT molecular complexity index is 491. The molecule has 0 radical (unpaired) electrons. The van der Waals surface area contributed by atoms with Crippen LogP contribution in [0, 0.1) is 5.82 Å². The Balaban J connectivity index is 3.56. The molecule has 1 heterocycles. The van der Waals surface area contributed by atoms with Crippen molar-refractivity contribution in [1.82, 2.24) is 4.98 Å². The maximum atomic E-state index is 12.7. The summed E-state index contributed by atoms with van der Waals surface area (Å²) < 4.78 is 59.0. The van der Waals surface area contributed by atoms with E-state index in [9.17, 15) is 21.6 Å². The Hall–Kier alpha value is -0.530. The molecule has 1 rings (SSSR count). The summed E-state index contributed by atoms with van der Waals surface area (Å²) in [6.45, 7) is 0. The lowest BCUT2D eigenvalue weighted by Crippen LogP contribution is -2.04. The number of alkyl halides is 2. The topological polar surface area (TPSA) is 47.0 Å². The van der Waals surface area contributed by atoms with Gasteiger partial charge in [-0.05, 0) is 6.07 Å². The summed E-state index contributed by atoms with van der Waals surface area (Å²) in [6, 6.07) is 0.287. The molecule has 84 valence electrons. The van der Waals surface area contributed by atoms with Gasteiger partial charge in [-0.15, -0.1) is 0 Å². The molecule has 0 saturated heterocycles. The van der Waals surface area contributed by atoms with Crippen LogP contribution in [0.3, 0.4) is 0 Å². The predicted octanol–water partition coefficient (Wildman–Crippen LogP) is 2.74. The van der Waals surface area contributed by atoms with E-state index in [1.807, 2.05) is 0 Å². The maximum Gasteiger partial charge on any atom is 0.279 e. The Morgan fingerprint density at radius 1 is 1.40 bits per heavy atom. The van der Waals surface area contributed by atoms with Crippen LogP contribution in [0.1, 0.15) is 12.0 Å². The highest BCUT2D eigenvalue weighted by Crippen LogP contribution is 2.29. The molecule has 0 fully saturated rings. The van der Waals surface area contributed by atoms with Gasteiger partial charge in [0.05, 0.1) is 5.56 Å². The lowest BCUT2D eigenvalue weighted by Gasteiger charge is -2.05.